The Morgan fingerprint density at radius 2 is 1.96 bits per heavy atom. The molecule has 0 bridgehead atoms. The highest BCUT2D eigenvalue weighted by atomic mass is 16.5. The Morgan fingerprint density at radius 1 is 1.19 bits per heavy atom. The third kappa shape index (κ3) is 6.88. The first-order chi connectivity index (χ1) is 12.6. The summed E-state index contributed by atoms with van der Waals surface area (Å²) in [4.78, 5) is 23.7. The molecule has 7 heteroatoms. The fourth-order valence-electron chi connectivity index (χ4n) is 2.33. The normalized spacial score (nSPS) is 11.5. The maximum Gasteiger partial charge on any atom is 0.315 e. The number of furan rings is 1. The smallest absolute Gasteiger partial charge is 0.315 e. The average molecular weight is 359 g/mol. The summed E-state index contributed by atoms with van der Waals surface area (Å²) in [6, 6.07) is 10.4. The molecule has 3 N–H and O–H groups in total. The molecule has 0 radical (unpaired) electrons. The lowest BCUT2D eigenvalue weighted by atomic mass is 10.1. The monoisotopic (exact) mass is 359 g/mol. The lowest BCUT2D eigenvalue weighted by Gasteiger charge is -2.14. The van der Waals surface area contributed by atoms with Crippen molar-refractivity contribution >= 4 is 17.6 Å². The SMILES string of the molecule is CCOc1ccc(NC(=O)CNC(=O)NC(C)CCc2ccco2)cc1. The molecule has 1 atom stereocenters. The van der Waals surface area contributed by atoms with Crippen LogP contribution in [0.3, 0.4) is 0 Å². The van der Waals surface area contributed by atoms with Gasteiger partial charge in [0.25, 0.3) is 0 Å². The van der Waals surface area contributed by atoms with E-state index < -0.39 is 0 Å². The van der Waals surface area contributed by atoms with Crippen molar-refractivity contribution < 1.29 is 18.7 Å². The van der Waals surface area contributed by atoms with Gasteiger partial charge in [0.15, 0.2) is 0 Å². The molecule has 0 aliphatic rings. The lowest BCUT2D eigenvalue weighted by molar-refractivity contribution is -0.115. The van der Waals surface area contributed by atoms with E-state index in [1.807, 2.05) is 26.0 Å². The van der Waals surface area contributed by atoms with Crippen LogP contribution in [0.15, 0.2) is 47.1 Å². The zero-order valence-electron chi connectivity index (χ0n) is 15.1. The van der Waals surface area contributed by atoms with Crippen molar-refractivity contribution in [2.75, 3.05) is 18.5 Å². The van der Waals surface area contributed by atoms with Crippen LogP contribution in [-0.2, 0) is 11.2 Å². The minimum atomic E-state index is -0.376. The summed E-state index contributed by atoms with van der Waals surface area (Å²) < 4.78 is 10.6. The van der Waals surface area contributed by atoms with Crippen LogP contribution in [0, 0.1) is 0 Å². The molecule has 140 valence electrons. The van der Waals surface area contributed by atoms with Crippen molar-refractivity contribution in [2.45, 2.75) is 32.7 Å². The molecule has 0 saturated heterocycles. The quantitative estimate of drug-likeness (QED) is 0.642. The van der Waals surface area contributed by atoms with Crippen molar-refractivity contribution in [3.8, 4) is 5.75 Å². The molecule has 1 aromatic heterocycles. The van der Waals surface area contributed by atoms with Crippen LogP contribution in [0.2, 0.25) is 0 Å². The molecular weight excluding hydrogens is 334 g/mol. The van der Waals surface area contributed by atoms with Gasteiger partial charge in [-0.1, -0.05) is 0 Å². The molecule has 2 rings (SSSR count). The van der Waals surface area contributed by atoms with Gasteiger partial charge < -0.3 is 25.1 Å². The Morgan fingerprint density at radius 3 is 2.62 bits per heavy atom. The van der Waals surface area contributed by atoms with Gasteiger partial charge in [-0.25, -0.2) is 4.79 Å². The molecule has 0 spiro atoms. The van der Waals surface area contributed by atoms with Gasteiger partial charge in [-0.05, 0) is 56.7 Å². The molecule has 2 aromatic rings. The molecule has 1 unspecified atom stereocenters. The number of carbonyl (C=O) groups excluding carboxylic acids is 2. The first kappa shape index (κ1) is 19.4. The van der Waals surface area contributed by atoms with Crippen LogP contribution >= 0.6 is 0 Å². The van der Waals surface area contributed by atoms with Gasteiger partial charge in [-0.15, -0.1) is 0 Å². The number of rotatable bonds is 9. The minimum absolute atomic E-state index is 0.0331. The molecule has 0 saturated carbocycles. The molecule has 3 amide bonds. The summed E-state index contributed by atoms with van der Waals surface area (Å²) in [5.41, 5.74) is 0.646. The van der Waals surface area contributed by atoms with Crippen molar-refractivity contribution in [1.29, 1.82) is 0 Å². The first-order valence-corrected chi connectivity index (χ1v) is 8.66. The van der Waals surface area contributed by atoms with Crippen LogP contribution in [0.4, 0.5) is 10.5 Å². The summed E-state index contributed by atoms with van der Waals surface area (Å²) in [7, 11) is 0. The second-order valence-corrected chi connectivity index (χ2v) is 5.85. The van der Waals surface area contributed by atoms with Gasteiger partial charge in [0.05, 0.1) is 19.4 Å². The van der Waals surface area contributed by atoms with Crippen LogP contribution in [0.5, 0.6) is 5.75 Å². The number of hydrogen-bond donors (Lipinski definition) is 3. The molecule has 0 aliphatic carbocycles. The van der Waals surface area contributed by atoms with Gasteiger partial charge in [0, 0.05) is 18.2 Å². The van der Waals surface area contributed by atoms with E-state index in [9.17, 15) is 9.59 Å². The third-order valence-electron chi connectivity index (χ3n) is 3.64. The van der Waals surface area contributed by atoms with E-state index in [4.69, 9.17) is 9.15 Å². The van der Waals surface area contributed by atoms with Crippen LogP contribution < -0.4 is 20.7 Å². The molecule has 1 aromatic carbocycles. The molecule has 26 heavy (non-hydrogen) atoms. The molecule has 0 aliphatic heterocycles. The van der Waals surface area contributed by atoms with E-state index in [0.717, 1.165) is 24.4 Å². The highest BCUT2D eigenvalue weighted by Gasteiger charge is 2.10. The van der Waals surface area contributed by atoms with Crippen LogP contribution in [-0.4, -0.2) is 31.1 Å². The number of nitrogens with one attached hydrogen (secondary N) is 3. The largest absolute Gasteiger partial charge is 0.494 e. The van der Waals surface area contributed by atoms with Gasteiger partial charge in [0.2, 0.25) is 5.91 Å². The Hall–Kier alpha value is -2.96. The lowest BCUT2D eigenvalue weighted by Crippen LogP contribution is -2.43. The number of aryl methyl sites for hydroxylation is 1. The summed E-state index contributed by atoms with van der Waals surface area (Å²) in [5, 5.41) is 8.06. The Kier molecular flexibility index (Phi) is 7.54. The van der Waals surface area contributed by atoms with E-state index in [1.165, 1.54) is 0 Å². The molecular formula is C19H25N3O4. The second kappa shape index (κ2) is 10.1. The van der Waals surface area contributed by atoms with Gasteiger partial charge >= 0.3 is 6.03 Å². The highest BCUT2D eigenvalue weighted by Crippen LogP contribution is 2.15. The summed E-state index contributed by atoms with van der Waals surface area (Å²) in [6.45, 7) is 4.29. The van der Waals surface area contributed by atoms with E-state index in [2.05, 4.69) is 16.0 Å². The number of urea groups is 1. The maximum atomic E-state index is 11.9. The third-order valence-corrected chi connectivity index (χ3v) is 3.64. The fourth-order valence-corrected chi connectivity index (χ4v) is 2.33. The van der Waals surface area contributed by atoms with E-state index in [1.54, 1.807) is 30.5 Å². The molecule has 7 nitrogen and oxygen atoms in total. The number of benzene rings is 1. The van der Waals surface area contributed by atoms with E-state index in [-0.39, 0.29) is 24.5 Å². The minimum Gasteiger partial charge on any atom is -0.494 e. The van der Waals surface area contributed by atoms with E-state index >= 15 is 0 Å². The summed E-state index contributed by atoms with van der Waals surface area (Å²) in [6.07, 6.45) is 3.12. The summed E-state index contributed by atoms with van der Waals surface area (Å²) >= 11 is 0. The van der Waals surface area contributed by atoms with Crippen molar-refractivity contribution in [3.63, 3.8) is 0 Å². The maximum absolute atomic E-state index is 11.9. The number of hydrogen-bond acceptors (Lipinski definition) is 4. The summed E-state index contributed by atoms with van der Waals surface area (Å²) in [5.74, 6) is 1.33. The average Bonchev–Trinajstić information content (AvgIpc) is 3.14. The van der Waals surface area contributed by atoms with E-state index in [0.29, 0.717) is 12.3 Å². The number of ether oxygens (including phenoxy) is 1. The van der Waals surface area contributed by atoms with Crippen LogP contribution in [0.25, 0.3) is 0 Å². The number of anilines is 1. The molecule has 1 heterocycles. The Bertz CT molecular complexity index is 683. The highest BCUT2D eigenvalue weighted by molar-refractivity contribution is 5.94. The number of carbonyl (C=O) groups is 2. The Balaban J connectivity index is 1.65. The van der Waals surface area contributed by atoms with Crippen molar-refractivity contribution in [2.24, 2.45) is 0 Å². The zero-order chi connectivity index (χ0) is 18.8. The predicted molar refractivity (Wildman–Crippen MR) is 99.3 cm³/mol. The predicted octanol–water partition coefficient (Wildman–Crippen LogP) is 2.94. The van der Waals surface area contributed by atoms with Crippen LogP contribution in [0.1, 0.15) is 26.0 Å². The zero-order valence-corrected chi connectivity index (χ0v) is 15.1. The fraction of sp³-hybridized carbons (Fsp3) is 0.368. The standard InChI is InChI=1S/C19H25N3O4/c1-3-25-17-10-7-15(8-11-17)22-18(23)13-20-19(24)21-14(2)6-9-16-5-4-12-26-16/h4-5,7-8,10-12,14H,3,6,9,13H2,1-2H3,(H,22,23)(H2,20,21,24). The van der Waals surface area contributed by atoms with Crippen molar-refractivity contribution in [3.05, 3.63) is 48.4 Å². The second-order valence-electron chi connectivity index (χ2n) is 5.85. The topological polar surface area (TPSA) is 92.6 Å². The number of amides is 3. The molecule has 0 fully saturated rings. The van der Waals surface area contributed by atoms with Gasteiger partial charge in [0.1, 0.15) is 11.5 Å². The van der Waals surface area contributed by atoms with Gasteiger partial charge in [-0.3, -0.25) is 4.79 Å². The van der Waals surface area contributed by atoms with Crippen molar-refractivity contribution in [1.82, 2.24) is 10.6 Å². The Labute approximate surface area is 153 Å². The van der Waals surface area contributed by atoms with Gasteiger partial charge in [-0.2, -0.15) is 0 Å². The first-order valence-electron chi connectivity index (χ1n) is 8.66.